The lowest BCUT2D eigenvalue weighted by Gasteiger charge is -2.23. The van der Waals surface area contributed by atoms with Crippen LogP contribution in [0, 0.1) is 24.7 Å². The summed E-state index contributed by atoms with van der Waals surface area (Å²) in [6.45, 7) is 6.63. The molecule has 3 saturated carbocycles. The van der Waals surface area contributed by atoms with Crippen LogP contribution in [0.1, 0.15) is 88.8 Å². The second kappa shape index (κ2) is 14.4. The SMILES string of the molecule is COc1ccc2c(OC3CC4C(=O)NCCCCC/C=C\C5CC5(C(=O)NS(=O)(=O)C5CC5)NC(=O)[C@@H]4C3)cc(-c3nc(C(C)C)cs3)nc2c1C. The minimum atomic E-state index is -3.83. The maximum absolute atomic E-state index is 14.2. The van der Waals surface area contributed by atoms with Crippen LogP contribution in [0.5, 0.6) is 11.5 Å². The first-order valence-corrected chi connectivity index (χ1v) is 20.8. The van der Waals surface area contributed by atoms with Gasteiger partial charge in [-0.1, -0.05) is 32.4 Å². The smallest absolute Gasteiger partial charge is 0.259 e. The number of hydrogen-bond acceptors (Lipinski definition) is 10. The molecule has 4 aliphatic rings. The molecule has 3 fully saturated rings. The van der Waals surface area contributed by atoms with E-state index in [1.165, 1.54) is 11.3 Å². The van der Waals surface area contributed by atoms with Crippen molar-refractivity contribution in [2.75, 3.05) is 13.7 Å². The Kier molecular flexibility index (Phi) is 10.1. The van der Waals surface area contributed by atoms with Crippen molar-refractivity contribution in [3.63, 3.8) is 0 Å². The molecule has 7 rings (SSSR count). The number of ether oxygens (including phenoxy) is 2. The van der Waals surface area contributed by atoms with Gasteiger partial charge in [0.2, 0.25) is 21.8 Å². The van der Waals surface area contributed by atoms with Gasteiger partial charge in [0.15, 0.2) is 0 Å². The van der Waals surface area contributed by atoms with Crippen LogP contribution < -0.4 is 24.8 Å². The molecular weight excluding hydrogens is 703 g/mol. The lowest BCUT2D eigenvalue weighted by atomic mass is 9.93. The van der Waals surface area contributed by atoms with E-state index in [9.17, 15) is 22.8 Å². The minimum Gasteiger partial charge on any atom is -0.496 e. The zero-order valence-electron chi connectivity index (χ0n) is 30.1. The molecule has 4 unspecified atom stereocenters. The number of benzene rings is 1. The van der Waals surface area contributed by atoms with Crippen LogP contribution in [0.4, 0.5) is 0 Å². The molecule has 52 heavy (non-hydrogen) atoms. The summed E-state index contributed by atoms with van der Waals surface area (Å²) in [5.41, 5.74) is 1.78. The molecule has 3 aromatic rings. The predicted octanol–water partition coefficient (Wildman–Crippen LogP) is 5.30. The highest BCUT2D eigenvalue weighted by Crippen LogP contribution is 2.47. The average Bonchev–Trinajstić information content (AvgIpc) is 3.98. The van der Waals surface area contributed by atoms with Gasteiger partial charge in [-0.3, -0.25) is 19.1 Å². The predicted molar refractivity (Wildman–Crippen MR) is 199 cm³/mol. The molecule has 3 amide bonds. The third-order valence-corrected chi connectivity index (χ3v) is 13.6. The Morgan fingerprint density at radius 2 is 1.83 bits per heavy atom. The van der Waals surface area contributed by atoms with Gasteiger partial charge in [0.25, 0.3) is 5.91 Å². The van der Waals surface area contributed by atoms with Crippen LogP contribution in [-0.2, 0) is 24.4 Å². The molecular formula is C38H47N5O7S2. The number of aromatic nitrogens is 2. The van der Waals surface area contributed by atoms with Gasteiger partial charge in [-0.25, -0.2) is 18.4 Å². The van der Waals surface area contributed by atoms with E-state index in [2.05, 4.69) is 29.2 Å². The second-order valence-electron chi connectivity index (χ2n) is 15.0. The number of sulfonamides is 1. The maximum atomic E-state index is 14.2. The Balaban J connectivity index is 1.20. The number of aryl methyl sites for hydroxylation is 1. The van der Waals surface area contributed by atoms with Crippen LogP contribution in [0.3, 0.4) is 0 Å². The fourth-order valence-corrected chi connectivity index (χ4v) is 9.77. The van der Waals surface area contributed by atoms with Crippen molar-refractivity contribution in [1.82, 2.24) is 25.3 Å². The number of fused-ring (bicyclic) bond motifs is 3. The number of allylic oxidation sites excluding steroid dienone is 1. The molecule has 3 N–H and O–H groups in total. The number of rotatable bonds is 8. The monoisotopic (exact) mass is 749 g/mol. The zero-order chi connectivity index (χ0) is 36.8. The number of thiazole rings is 1. The maximum Gasteiger partial charge on any atom is 0.259 e. The molecule has 0 spiro atoms. The van der Waals surface area contributed by atoms with Crippen molar-refractivity contribution in [3.8, 4) is 22.2 Å². The standard InChI is InChI=1S/C38H47N5O7S2/c1-21(2)30-20-51-36(41-30)29-18-32(26-13-14-31(49-4)22(3)33(26)40-29)50-24-16-27-28(17-24)35(45)42-38(37(46)43-52(47,48)25-11-12-25)19-23(38)10-8-6-5-7-9-15-39-34(27)44/h8,10,13-14,18,20-21,23-25,27-28H,5-7,9,11-12,15-17,19H2,1-4H3,(H,39,44)(H,42,45)(H,43,46)/b10-8-/t23?,24?,27?,28-,38?/m1/s1. The highest BCUT2D eigenvalue weighted by molar-refractivity contribution is 7.91. The molecule has 2 aromatic heterocycles. The normalized spacial score (nSPS) is 27.4. The second-order valence-corrected chi connectivity index (χ2v) is 17.8. The van der Waals surface area contributed by atoms with Crippen LogP contribution in [-0.4, -0.2) is 66.7 Å². The number of nitrogens with zero attached hydrogens (tertiary/aromatic N) is 2. The highest BCUT2D eigenvalue weighted by Gasteiger charge is 2.62. The van der Waals surface area contributed by atoms with Crippen LogP contribution >= 0.6 is 11.3 Å². The van der Waals surface area contributed by atoms with Gasteiger partial charge in [0.05, 0.1) is 35.4 Å². The first-order valence-electron chi connectivity index (χ1n) is 18.3. The lowest BCUT2D eigenvalue weighted by molar-refractivity contribution is -0.136. The van der Waals surface area contributed by atoms with Crippen molar-refractivity contribution in [1.29, 1.82) is 0 Å². The van der Waals surface area contributed by atoms with E-state index in [0.29, 0.717) is 42.1 Å². The van der Waals surface area contributed by atoms with Crippen molar-refractivity contribution >= 4 is 50.0 Å². The molecule has 0 saturated heterocycles. The summed E-state index contributed by atoms with van der Waals surface area (Å²) in [5.74, 6) is -1.75. The van der Waals surface area contributed by atoms with Gasteiger partial charge in [-0.15, -0.1) is 11.3 Å². The fraction of sp³-hybridized carbons (Fsp3) is 0.553. The Hall–Kier alpha value is -4.04. The summed E-state index contributed by atoms with van der Waals surface area (Å²) in [6.07, 6.45) is 8.65. The molecule has 0 radical (unpaired) electrons. The first kappa shape index (κ1) is 36.3. The molecule has 12 nitrogen and oxygen atoms in total. The molecule has 278 valence electrons. The average molecular weight is 750 g/mol. The number of methoxy groups -OCH3 is 1. The van der Waals surface area contributed by atoms with Gasteiger partial charge in [-0.05, 0) is 76.3 Å². The topological polar surface area (TPSA) is 166 Å². The Bertz CT molecular complexity index is 2020. The zero-order valence-corrected chi connectivity index (χ0v) is 31.7. The Labute approximate surface area is 308 Å². The van der Waals surface area contributed by atoms with Crippen LogP contribution in [0.15, 0.2) is 35.7 Å². The van der Waals surface area contributed by atoms with Crippen molar-refractivity contribution in [3.05, 3.63) is 47.0 Å². The molecule has 5 atom stereocenters. The third kappa shape index (κ3) is 7.28. The van der Waals surface area contributed by atoms with E-state index >= 15 is 0 Å². The number of amides is 3. The molecule has 3 aliphatic carbocycles. The Morgan fingerprint density at radius 3 is 2.54 bits per heavy atom. The van der Waals surface area contributed by atoms with E-state index < -0.39 is 50.6 Å². The van der Waals surface area contributed by atoms with E-state index in [1.807, 2.05) is 42.7 Å². The number of nitrogens with one attached hydrogen (secondary N) is 3. The van der Waals surface area contributed by atoms with E-state index in [-0.39, 0.29) is 37.0 Å². The number of pyridine rings is 1. The number of carbonyl (C=O) groups excluding carboxylic acids is 3. The van der Waals surface area contributed by atoms with E-state index in [1.54, 1.807) is 7.11 Å². The van der Waals surface area contributed by atoms with Gasteiger partial charge >= 0.3 is 0 Å². The summed E-state index contributed by atoms with van der Waals surface area (Å²) in [6, 6.07) is 5.65. The Morgan fingerprint density at radius 1 is 1.06 bits per heavy atom. The summed E-state index contributed by atoms with van der Waals surface area (Å²) < 4.78 is 40.2. The minimum absolute atomic E-state index is 0.228. The summed E-state index contributed by atoms with van der Waals surface area (Å²) in [4.78, 5) is 51.4. The van der Waals surface area contributed by atoms with Gasteiger partial charge in [0, 0.05) is 34.9 Å². The third-order valence-electron chi connectivity index (χ3n) is 10.9. The summed E-state index contributed by atoms with van der Waals surface area (Å²) in [5, 5.41) is 8.97. The van der Waals surface area contributed by atoms with Crippen LogP contribution in [0.25, 0.3) is 21.6 Å². The first-order chi connectivity index (χ1) is 24.9. The summed E-state index contributed by atoms with van der Waals surface area (Å²) >= 11 is 1.51. The molecule has 1 aliphatic heterocycles. The van der Waals surface area contributed by atoms with Gasteiger partial charge in [-0.2, -0.15) is 0 Å². The van der Waals surface area contributed by atoms with Gasteiger partial charge < -0.3 is 20.1 Å². The molecule has 14 heteroatoms. The highest BCUT2D eigenvalue weighted by atomic mass is 32.2. The number of carbonyl (C=O) groups is 3. The van der Waals surface area contributed by atoms with Crippen molar-refractivity contribution < 1.29 is 32.3 Å². The molecule has 1 aromatic carbocycles. The molecule has 3 heterocycles. The van der Waals surface area contributed by atoms with Crippen molar-refractivity contribution in [2.45, 2.75) is 101 Å². The largest absolute Gasteiger partial charge is 0.496 e. The summed E-state index contributed by atoms with van der Waals surface area (Å²) in [7, 11) is -2.21. The fourth-order valence-electron chi connectivity index (χ4n) is 7.47. The van der Waals surface area contributed by atoms with Crippen molar-refractivity contribution in [2.24, 2.45) is 17.8 Å². The number of hydrogen-bond donors (Lipinski definition) is 3. The molecule has 0 bridgehead atoms. The van der Waals surface area contributed by atoms with E-state index in [0.717, 1.165) is 47.3 Å². The lowest BCUT2D eigenvalue weighted by Crippen LogP contribution is -2.54. The van der Waals surface area contributed by atoms with Crippen LogP contribution in [0.2, 0.25) is 0 Å². The van der Waals surface area contributed by atoms with Gasteiger partial charge in [0.1, 0.15) is 33.8 Å². The van der Waals surface area contributed by atoms with E-state index in [4.69, 9.17) is 19.4 Å². The quantitative estimate of drug-likeness (QED) is 0.259.